The third-order valence-corrected chi connectivity index (χ3v) is 9.25. The SMILES string of the molecule is CCOC(=O)C1=C(c2ccccc2)N=c2s/c(=C\c3cc4c(cc3Br)OCO4)c(=O)n2[C@@H]1c1c(OC)ccc2ccccc12. The minimum absolute atomic E-state index is 0.138. The van der Waals surface area contributed by atoms with Crippen LogP contribution in [0.2, 0.25) is 0 Å². The van der Waals surface area contributed by atoms with E-state index in [-0.39, 0.29) is 24.5 Å². The molecule has 5 aromatic rings. The van der Waals surface area contributed by atoms with E-state index in [1.807, 2.05) is 78.9 Å². The number of methoxy groups -OCH3 is 1. The maximum atomic E-state index is 14.4. The summed E-state index contributed by atoms with van der Waals surface area (Å²) in [5.41, 5.74) is 2.56. The maximum absolute atomic E-state index is 14.4. The van der Waals surface area contributed by atoms with E-state index in [2.05, 4.69) is 15.9 Å². The van der Waals surface area contributed by atoms with Crippen LogP contribution in [0.15, 0.2) is 98.7 Å². The lowest BCUT2D eigenvalue weighted by atomic mass is 9.89. The molecule has 7 rings (SSSR count). The van der Waals surface area contributed by atoms with Crippen molar-refractivity contribution in [2.24, 2.45) is 4.99 Å². The van der Waals surface area contributed by atoms with Crippen LogP contribution in [0.5, 0.6) is 17.2 Å². The summed E-state index contributed by atoms with van der Waals surface area (Å²) in [7, 11) is 1.58. The number of carbonyl (C=O) groups excluding carboxylic acids is 1. The highest BCUT2D eigenvalue weighted by Gasteiger charge is 2.37. The Bertz CT molecular complexity index is 2170. The molecule has 0 fully saturated rings. The van der Waals surface area contributed by atoms with Crippen LogP contribution < -0.4 is 29.1 Å². The van der Waals surface area contributed by atoms with Gasteiger partial charge in [0, 0.05) is 15.6 Å². The highest BCUT2D eigenvalue weighted by molar-refractivity contribution is 9.10. The van der Waals surface area contributed by atoms with Crippen LogP contribution >= 0.6 is 27.3 Å². The van der Waals surface area contributed by atoms with E-state index in [0.717, 1.165) is 26.4 Å². The summed E-state index contributed by atoms with van der Waals surface area (Å²) in [6.07, 6.45) is 1.80. The van der Waals surface area contributed by atoms with E-state index in [1.165, 1.54) is 11.3 Å². The Balaban J connectivity index is 1.58. The van der Waals surface area contributed by atoms with Crippen LogP contribution in [-0.4, -0.2) is 31.0 Å². The monoisotopic (exact) mass is 668 g/mol. The van der Waals surface area contributed by atoms with Crippen molar-refractivity contribution in [1.82, 2.24) is 4.57 Å². The summed E-state index contributed by atoms with van der Waals surface area (Å²) in [6.45, 7) is 2.05. The molecule has 4 aromatic carbocycles. The van der Waals surface area contributed by atoms with E-state index in [9.17, 15) is 9.59 Å². The molecular weight excluding hydrogens is 644 g/mol. The average Bonchev–Trinajstić information content (AvgIpc) is 3.63. The van der Waals surface area contributed by atoms with Gasteiger partial charge in [-0.25, -0.2) is 9.79 Å². The van der Waals surface area contributed by atoms with Crippen molar-refractivity contribution in [1.29, 1.82) is 0 Å². The normalized spacial score (nSPS) is 15.7. The van der Waals surface area contributed by atoms with Crippen LogP contribution in [0.25, 0.3) is 22.5 Å². The fourth-order valence-corrected chi connectivity index (χ4v) is 7.06. The van der Waals surface area contributed by atoms with Crippen molar-refractivity contribution >= 4 is 55.8 Å². The first kappa shape index (κ1) is 28.1. The molecule has 44 heavy (non-hydrogen) atoms. The lowest BCUT2D eigenvalue weighted by Crippen LogP contribution is -2.40. The molecule has 1 atom stereocenters. The molecule has 0 saturated carbocycles. The third-order valence-electron chi connectivity index (χ3n) is 7.58. The topological polar surface area (TPSA) is 88.4 Å². The van der Waals surface area contributed by atoms with Crippen molar-refractivity contribution in [3.63, 3.8) is 0 Å². The molecule has 0 aliphatic carbocycles. The quantitative estimate of drug-likeness (QED) is 0.219. The zero-order valence-electron chi connectivity index (χ0n) is 23.7. The number of rotatable bonds is 6. The first-order valence-corrected chi connectivity index (χ1v) is 15.5. The number of hydrogen-bond donors (Lipinski definition) is 0. The summed E-state index contributed by atoms with van der Waals surface area (Å²) in [4.78, 5) is 33.8. The lowest BCUT2D eigenvalue weighted by Gasteiger charge is -2.28. The Hall–Kier alpha value is -4.67. The van der Waals surface area contributed by atoms with E-state index in [4.69, 9.17) is 23.9 Å². The minimum atomic E-state index is -0.885. The molecule has 0 radical (unpaired) electrons. The Kier molecular flexibility index (Phi) is 7.31. The summed E-state index contributed by atoms with van der Waals surface area (Å²) < 4.78 is 25.4. The van der Waals surface area contributed by atoms with E-state index in [0.29, 0.717) is 37.8 Å². The first-order valence-electron chi connectivity index (χ1n) is 13.9. The average molecular weight is 670 g/mol. The number of halogens is 1. The number of esters is 1. The van der Waals surface area contributed by atoms with Gasteiger partial charge in [-0.1, -0.05) is 87.9 Å². The summed E-state index contributed by atoms with van der Waals surface area (Å²) >= 11 is 4.85. The Morgan fingerprint density at radius 2 is 1.82 bits per heavy atom. The molecule has 10 heteroatoms. The van der Waals surface area contributed by atoms with E-state index in [1.54, 1.807) is 24.7 Å². The highest BCUT2D eigenvalue weighted by Crippen LogP contribution is 2.42. The fraction of sp³-hybridized carbons (Fsp3) is 0.147. The molecule has 220 valence electrons. The van der Waals surface area contributed by atoms with Gasteiger partial charge >= 0.3 is 5.97 Å². The highest BCUT2D eigenvalue weighted by atomic mass is 79.9. The molecule has 0 bridgehead atoms. The number of carbonyl (C=O) groups is 1. The molecule has 0 saturated heterocycles. The van der Waals surface area contributed by atoms with Gasteiger partial charge < -0.3 is 18.9 Å². The summed E-state index contributed by atoms with van der Waals surface area (Å²) in [5, 5.41) is 1.79. The number of fused-ring (bicyclic) bond motifs is 3. The second-order valence-corrected chi connectivity index (χ2v) is 11.9. The smallest absolute Gasteiger partial charge is 0.338 e. The molecule has 8 nitrogen and oxygen atoms in total. The molecule has 2 aliphatic rings. The minimum Gasteiger partial charge on any atom is -0.496 e. The predicted octanol–water partition coefficient (Wildman–Crippen LogP) is 5.59. The number of thiazole rings is 1. The van der Waals surface area contributed by atoms with Gasteiger partial charge in [-0.3, -0.25) is 9.36 Å². The Morgan fingerprint density at radius 1 is 1.07 bits per heavy atom. The van der Waals surface area contributed by atoms with Gasteiger partial charge in [0.05, 0.1) is 29.5 Å². The molecule has 0 amide bonds. The first-order chi connectivity index (χ1) is 21.5. The lowest BCUT2D eigenvalue weighted by molar-refractivity contribution is -0.138. The predicted molar refractivity (Wildman–Crippen MR) is 172 cm³/mol. The third kappa shape index (κ3) is 4.71. The second-order valence-electron chi connectivity index (χ2n) is 10.1. The number of ether oxygens (including phenoxy) is 4. The Labute approximate surface area is 264 Å². The van der Waals surface area contributed by atoms with Gasteiger partial charge in [0.1, 0.15) is 11.8 Å². The molecule has 3 heterocycles. The molecular formula is C34H25BrN2O6S. The van der Waals surface area contributed by atoms with Crippen LogP contribution in [0.4, 0.5) is 0 Å². The van der Waals surface area contributed by atoms with Crippen molar-refractivity contribution in [2.45, 2.75) is 13.0 Å². The number of hydrogen-bond acceptors (Lipinski definition) is 8. The molecule has 2 aliphatic heterocycles. The van der Waals surface area contributed by atoms with Gasteiger partial charge in [0.15, 0.2) is 16.3 Å². The van der Waals surface area contributed by atoms with Crippen molar-refractivity contribution in [3.8, 4) is 17.2 Å². The van der Waals surface area contributed by atoms with E-state index >= 15 is 0 Å². The Morgan fingerprint density at radius 3 is 2.59 bits per heavy atom. The van der Waals surface area contributed by atoms with Gasteiger partial charge in [-0.2, -0.15) is 0 Å². The zero-order valence-corrected chi connectivity index (χ0v) is 26.1. The van der Waals surface area contributed by atoms with Crippen LogP contribution in [0.3, 0.4) is 0 Å². The summed E-state index contributed by atoms with van der Waals surface area (Å²) in [6, 6.07) is 23.9. The van der Waals surface area contributed by atoms with Gasteiger partial charge in [0.2, 0.25) is 6.79 Å². The molecule has 1 aromatic heterocycles. The zero-order chi connectivity index (χ0) is 30.4. The van der Waals surface area contributed by atoms with Crippen LogP contribution in [0.1, 0.15) is 29.7 Å². The van der Waals surface area contributed by atoms with Crippen LogP contribution in [-0.2, 0) is 9.53 Å². The number of aromatic nitrogens is 1. The van der Waals surface area contributed by atoms with Gasteiger partial charge in [-0.15, -0.1) is 0 Å². The standard InChI is InChI=1S/C34H25BrN2O6S/c1-3-41-33(39)29-30(20-10-5-4-6-11-20)36-34-37(31(29)28-22-12-8-7-9-19(22)13-14-24(28)40-2)32(38)27(44-34)16-21-15-25-26(17-23(21)35)43-18-42-25/h4-17,31H,3,18H2,1-2H3/b27-16-/t31-/m1/s1. The largest absolute Gasteiger partial charge is 0.496 e. The number of benzene rings is 4. The van der Waals surface area contributed by atoms with Crippen LogP contribution in [0, 0.1) is 0 Å². The second kappa shape index (κ2) is 11.4. The van der Waals surface area contributed by atoms with Crippen molar-refractivity contribution < 1.29 is 23.7 Å². The van der Waals surface area contributed by atoms with Gasteiger partial charge in [-0.05, 0) is 47.5 Å². The van der Waals surface area contributed by atoms with Gasteiger partial charge in [0.25, 0.3) is 5.56 Å². The van der Waals surface area contributed by atoms with E-state index < -0.39 is 12.0 Å². The van der Waals surface area contributed by atoms with Crippen molar-refractivity contribution in [3.05, 3.63) is 125 Å². The van der Waals surface area contributed by atoms with Crippen molar-refractivity contribution in [2.75, 3.05) is 20.5 Å². The molecule has 0 spiro atoms. The molecule has 0 N–H and O–H groups in total. The summed E-state index contributed by atoms with van der Waals surface area (Å²) in [5.74, 6) is 1.22. The number of nitrogens with zero attached hydrogens (tertiary/aromatic N) is 2. The maximum Gasteiger partial charge on any atom is 0.338 e. The molecule has 0 unspecified atom stereocenters. The fourth-order valence-electron chi connectivity index (χ4n) is 5.63.